The smallest absolute Gasteiger partial charge is 0.270 e. The molecule has 7 heteroatoms. The maximum atomic E-state index is 13.6. The number of nitrogens with one attached hydrogen (secondary N) is 1. The lowest BCUT2D eigenvalue weighted by Gasteiger charge is -2.33. The van der Waals surface area contributed by atoms with E-state index < -0.39 is 15.9 Å². The van der Waals surface area contributed by atoms with Crippen LogP contribution in [0.5, 0.6) is 0 Å². The van der Waals surface area contributed by atoms with E-state index in [0.29, 0.717) is 33.1 Å². The summed E-state index contributed by atoms with van der Waals surface area (Å²) in [6.45, 7) is 1.91. The number of halogens is 1. The fraction of sp³-hybridized carbons (Fsp3) is 0.0870. The summed E-state index contributed by atoms with van der Waals surface area (Å²) in [5, 5.41) is 3.18. The fourth-order valence-electron chi connectivity index (χ4n) is 3.59. The van der Waals surface area contributed by atoms with Crippen molar-refractivity contribution in [2.75, 3.05) is 16.2 Å². The lowest BCUT2D eigenvalue weighted by molar-refractivity contribution is -0.112. The lowest BCUT2D eigenvalue weighted by Crippen LogP contribution is -2.39. The van der Waals surface area contributed by atoms with Crippen LogP contribution >= 0.6 is 11.6 Å². The summed E-state index contributed by atoms with van der Waals surface area (Å²) in [5.74, 6) is -0.691. The molecular weight excluding hydrogens is 420 g/mol. The number of fused-ring (bicyclic) bond motifs is 1. The van der Waals surface area contributed by atoms with Crippen molar-refractivity contribution in [2.45, 2.75) is 6.92 Å². The van der Waals surface area contributed by atoms with E-state index in [0.717, 1.165) is 0 Å². The molecule has 0 atom stereocenters. The number of carbonyl (C=O) groups is 1. The number of carbonyl (C=O) groups excluding carboxylic acids is 1. The molecule has 0 aliphatic carbocycles. The largest absolute Gasteiger partial charge is 0.321 e. The number of nitrogens with zero attached hydrogens (tertiary/aromatic N) is 1. The average Bonchev–Trinajstić information content (AvgIpc) is 2.74. The Bertz CT molecular complexity index is 1240. The number of benzene rings is 3. The zero-order valence-corrected chi connectivity index (χ0v) is 17.7. The normalized spacial score (nSPS) is 14.9. The van der Waals surface area contributed by atoms with Gasteiger partial charge in [0.05, 0.1) is 5.69 Å². The highest BCUT2D eigenvalue weighted by molar-refractivity contribution is 7.97. The second-order valence-corrected chi connectivity index (χ2v) is 8.96. The SMILES string of the molecule is CCN1c2ccc(Cl)cc2C(c2ccccc2)=C(C(=O)Nc2ccccc2)S1(=O)=O. The molecule has 0 bridgehead atoms. The molecule has 1 aliphatic heterocycles. The quantitative estimate of drug-likeness (QED) is 0.629. The first-order chi connectivity index (χ1) is 14.4. The third kappa shape index (κ3) is 3.49. The van der Waals surface area contributed by atoms with Crippen molar-refractivity contribution in [1.82, 2.24) is 0 Å². The Kier molecular flexibility index (Phi) is 5.37. The van der Waals surface area contributed by atoms with Crippen molar-refractivity contribution in [2.24, 2.45) is 0 Å². The van der Waals surface area contributed by atoms with Crippen molar-refractivity contribution >= 4 is 44.5 Å². The Hall–Kier alpha value is -3.09. The van der Waals surface area contributed by atoms with E-state index in [4.69, 9.17) is 11.6 Å². The third-order valence-corrected chi connectivity index (χ3v) is 7.04. The molecule has 1 heterocycles. The lowest BCUT2D eigenvalue weighted by atomic mass is 9.95. The predicted molar refractivity (Wildman–Crippen MR) is 121 cm³/mol. The Morgan fingerprint density at radius 1 is 0.967 bits per heavy atom. The second kappa shape index (κ2) is 7.97. The minimum atomic E-state index is -4.10. The molecule has 30 heavy (non-hydrogen) atoms. The number of anilines is 2. The van der Waals surface area contributed by atoms with Crippen LogP contribution in [0.4, 0.5) is 11.4 Å². The minimum Gasteiger partial charge on any atom is -0.321 e. The van der Waals surface area contributed by atoms with Crippen LogP contribution in [-0.4, -0.2) is 20.9 Å². The Morgan fingerprint density at radius 3 is 2.23 bits per heavy atom. The van der Waals surface area contributed by atoms with Gasteiger partial charge < -0.3 is 5.32 Å². The first-order valence-corrected chi connectivity index (χ1v) is 11.2. The van der Waals surface area contributed by atoms with E-state index in [1.165, 1.54) is 4.31 Å². The van der Waals surface area contributed by atoms with Crippen molar-refractivity contribution < 1.29 is 13.2 Å². The number of rotatable bonds is 4. The third-order valence-electron chi connectivity index (χ3n) is 4.86. The van der Waals surface area contributed by atoms with Crippen LogP contribution in [0.3, 0.4) is 0 Å². The Morgan fingerprint density at radius 2 is 1.60 bits per heavy atom. The van der Waals surface area contributed by atoms with Gasteiger partial charge in [0.1, 0.15) is 0 Å². The second-order valence-electron chi connectivity index (χ2n) is 6.72. The molecule has 1 N–H and O–H groups in total. The molecule has 3 aromatic carbocycles. The topological polar surface area (TPSA) is 66.5 Å². The Labute approximate surface area is 180 Å². The minimum absolute atomic E-state index is 0.182. The van der Waals surface area contributed by atoms with Gasteiger partial charge in [-0.1, -0.05) is 60.1 Å². The number of hydrogen-bond donors (Lipinski definition) is 1. The Balaban J connectivity index is 2.02. The van der Waals surface area contributed by atoms with Crippen molar-refractivity contribution in [3.8, 4) is 0 Å². The summed E-state index contributed by atoms with van der Waals surface area (Å²) < 4.78 is 28.4. The van der Waals surface area contributed by atoms with Gasteiger partial charge in [-0.05, 0) is 42.8 Å². The van der Waals surface area contributed by atoms with Gasteiger partial charge in [-0.25, -0.2) is 8.42 Å². The molecule has 1 aliphatic rings. The van der Waals surface area contributed by atoms with Crippen molar-refractivity contribution in [3.05, 3.63) is 99.9 Å². The molecule has 4 rings (SSSR count). The van der Waals surface area contributed by atoms with Gasteiger partial charge >= 0.3 is 0 Å². The molecule has 0 saturated carbocycles. The summed E-state index contributed by atoms with van der Waals surface area (Å²) >= 11 is 6.26. The van der Waals surface area contributed by atoms with E-state index in [1.54, 1.807) is 73.7 Å². The van der Waals surface area contributed by atoms with Crippen LogP contribution in [0.15, 0.2) is 83.8 Å². The molecule has 0 saturated heterocycles. The van der Waals surface area contributed by atoms with E-state index in [-0.39, 0.29) is 11.4 Å². The summed E-state index contributed by atoms with van der Waals surface area (Å²) in [4.78, 5) is 13.0. The number of hydrogen-bond acceptors (Lipinski definition) is 3. The summed E-state index contributed by atoms with van der Waals surface area (Å²) in [6, 6.07) is 22.8. The summed E-state index contributed by atoms with van der Waals surface area (Å²) in [5.41, 5.74) is 2.57. The van der Waals surface area contributed by atoms with Crippen LogP contribution in [0.1, 0.15) is 18.1 Å². The van der Waals surface area contributed by atoms with E-state index >= 15 is 0 Å². The first-order valence-electron chi connectivity index (χ1n) is 9.42. The first kappa shape index (κ1) is 20.2. The van der Waals surface area contributed by atoms with Crippen LogP contribution in [0, 0.1) is 0 Å². The van der Waals surface area contributed by atoms with Gasteiger partial charge in [0.2, 0.25) is 0 Å². The van der Waals surface area contributed by atoms with Crippen LogP contribution in [0.2, 0.25) is 5.02 Å². The van der Waals surface area contributed by atoms with E-state index in [9.17, 15) is 13.2 Å². The van der Waals surface area contributed by atoms with Crippen LogP contribution in [-0.2, 0) is 14.8 Å². The van der Waals surface area contributed by atoms with Crippen LogP contribution < -0.4 is 9.62 Å². The summed E-state index contributed by atoms with van der Waals surface area (Å²) in [6.07, 6.45) is 0. The molecule has 0 unspecified atom stereocenters. The molecule has 0 fully saturated rings. The highest BCUT2D eigenvalue weighted by Gasteiger charge is 2.40. The summed E-state index contributed by atoms with van der Waals surface area (Å²) in [7, 11) is -4.10. The van der Waals surface area contributed by atoms with Gasteiger partial charge in [0.15, 0.2) is 4.91 Å². The monoisotopic (exact) mass is 438 g/mol. The fourth-order valence-corrected chi connectivity index (χ4v) is 5.51. The number of sulfonamides is 1. The van der Waals surface area contributed by atoms with E-state index in [1.807, 2.05) is 12.1 Å². The number of para-hydroxylation sites is 1. The van der Waals surface area contributed by atoms with Gasteiger partial charge in [-0.3, -0.25) is 9.10 Å². The maximum Gasteiger partial charge on any atom is 0.270 e. The molecule has 3 aromatic rings. The molecule has 0 aromatic heterocycles. The average molecular weight is 439 g/mol. The molecule has 1 amide bonds. The highest BCUT2D eigenvalue weighted by Crippen LogP contribution is 2.43. The van der Waals surface area contributed by atoms with Crippen molar-refractivity contribution in [3.63, 3.8) is 0 Å². The maximum absolute atomic E-state index is 13.6. The van der Waals surface area contributed by atoms with E-state index in [2.05, 4.69) is 5.32 Å². The number of amides is 1. The molecule has 0 radical (unpaired) electrons. The van der Waals surface area contributed by atoms with Gasteiger partial charge in [-0.15, -0.1) is 0 Å². The predicted octanol–water partition coefficient (Wildman–Crippen LogP) is 4.91. The molecule has 0 spiro atoms. The van der Waals surface area contributed by atoms with Crippen molar-refractivity contribution in [1.29, 1.82) is 0 Å². The van der Waals surface area contributed by atoms with Crippen LogP contribution in [0.25, 0.3) is 5.57 Å². The van der Waals surface area contributed by atoms with Gasteiger partial charge in [-0.2, -0.15) is 0 Å². The molecular formula is C23H19ClN2O3S. The molecule has 5 nitrogen and oxygen atoms in total. The van der Waals surface area contributed by atoms with Gasteiger partial charge in [0.25, 0.3) is 15.9 Å². The standard InChI is InChI=1S/C23H19ClN2O3S/c1-2-26-20-14-13-17(24)15-19(20)21(16-9-5-3-6-10-16)22(30(26,28)29)23(27)25-18-11-7-4-8-12-18/h3-15H,2H2,1H3,(H,25,27). The molecule has 152 valence electrons. The van der Waals surface area contributed by atoms with Gasteiger partial charge in [0, 0.05) is 28.4 Å². The zero-order chi connectivity index (χ0) is 21.3. The zero-order valence-electron chi connectivity index (χ0n) is 16.2. The highest BCUT2D eigenvalue weighted by atomic mass is 35.5.